The Labute approximate surface area is 144 Å². The molecule has 2 heterocycles. The van der Waals surface area contributed by atoms with Gasteiger partial charge in [-0.3, -0.25) is 9.69 Å². The van der Waals surface area contributed by atoms with Gasteiger partial charge in [-0.15, -0.1) is 11.3 Å². The molecule has 0 amide bonds. The fourth-order valence-electron chi connectivity index (χ4n) is 2.18. The van der Waals surface area contributed by atoms with E-state index in [1.54, 1.807) is 11.0 Å². The first-order valence-electron chi connectivity index (χ1n) is 6.20. The standard InChI is InChI=1S/C11H14Br2N2O4S2/c12-9-6-8(11(13)20-9)21(18,19)15-3-1-2-14(4-5-15)7-10(16)17/h6H,1-5,7H2,(H,16,17). The van der Waals surface area contributed by atoms with Gasteiger partial charge >= 0.3 is 5.97 Å². The van der Waals surface area contributed by atoms with Crippen molar-refractivity contribution in [2.45, 2.75) is 11.3 Å². The summed E-state index contributed by atoms with van der Waals surface area (Å²) in [6.45, 7) is 1.66. The van der Waals surface area contributed by atoms with E-state index in [4.69, 9.17) is 5.11 Å². The van der Waals surface area contributed by atoms with Gasteiger partial charge in [0.05, 0.1) is 14.1 Å². The summed E-state index contributed by atoms with van der Waals surface area (Å²) >= 11 is 7.88. The van der Waals surface area contributed by atoms with Gasteiger partial charge in [0.25, 0.3) is 0 Å². The molecule has 0 aliphatic carbocycles. The first-order chi connectivity index (χ1) is 9.80. The Hall–Kier alpha value is -0.000000000000000333. The zero-order valence-electron chi connectivity index (χ0n) is 11.0. The summed E-state index contributed by atoms with van der Waals surface area (Å²) in [5.74, 6) is -0.893. The molecule has 1 saturated heterocycles. The molecular weight excluding hydrogens is 448 g/mol. The molecule has 10 heteroatoms. The van der Waals surface area contributed by atoms with Crippen molar-refractivity contribution in [1.29, 1.82) is 0 Å². The van der Waals surface area contributed by atoms with Gasteiger partial charge in [-0.05, 0) is 44.3 Å². The van der Waals surface area contributed by atoms with Crippen LogP contribution in [0.2, 0.25) is 0 Å². The van der Waals surface area contributed by atoms with Gasteiger partial charge < -0.3 is 5.11 Å². The maximum atomic E-state index is 12.6. The monoisotopic (exact) mass is 460 g/mol. The molecule has 118 valence electrons. The van der Waals surface area contributed by atoms with Crippen LogP contribution >= 0.6 is 43.2 Å². The van der Waals surface area contributed by atoms with E-state index >= 15 is 0 Å². The van der Waals surface area contributed by atoms with Crippen LogP contribution in [0.25, 0.3) is 0 Å². The maximum absolute atomic E-state index is 12.6. The molecule has 2 rings (SSSR count). The Balaban J connectivity index is 2.14. The van der Waals surface area contributed by atoms with E-state index in [-0.39, 0.29) is 11.4 Å². The molecule has 0 spiro atoms. The second-order valence-electron chi connectivity index (χ2n) is 4.62. The summed E-state index contributed by atoms with van der Waals surface area (Å²) in [5, 5.41) is 8.82. The predicted octanol–water partition coefficient (Wildman–Crippen LogP) is 2.05. The SMILES string of the molecule is O=C(O)CN1CCCN(S(=O)(=O)c2cc(Br)sc2Br)CC1. The lowest BCUT2D eigenvalue weighted by atomic mass is 10.4. The van der Waals surface area contributed by atoms with Crippen molar-refractivity contribution in [3.05, 3.63) is 13.6 Å². The van der Waals surface area contributed by atoms with Crippen LogP contribution in [0.5, 0.6) is 0 Å². The lowest BCUT2D eigenvalue weighted by Crippen LogP contribution is -2.36. The number of hydrogen-bond acceptors (Lipinski definition) is 5. The zero-order valence-corrected chi connectivity index (χ0v) is 15.8. The Morgan fingerprint density at radius 2 is 2.00 bits per heavy atom. The van der Waals surface area contributed by atoms with Crippen molar-refractivity contribution in [3.63, 3.8) is 0 Å². The topological polar surface area (TPSA) is 77.9 Å². The Morgan fingerprint density at radius 3 is 2.57 bits per heavy atom. The second kappa shape index (κ2) is 7.05. The van der Waals surface area contributed by atoms with Gasteiger partial charge in [0.1, 0.15) is 4.90 Å². The average molecular weight is 462 g/mol. The van der Waals surface area contributed by atoms with Crippen molar-refractivity contribution in [1.82, 2.24) is 9.21 Å². The second-order valence-corrected chi connectivity index (χ2v) is 10.3. The van der Waals surface area contributed by atoms with Crippen LogP contribution in [-0.2, 0) is 14.8 Å². The van der Waals surface area contributed by atoms with Gasteiger partial charge in [-0.1, -0.05) is 0 Å². The van der Waals surface area contributed by atoms with Gasteiger partial charge in [0.2, 0.25) is 10.0 Å². The van der Waals surface area contributed by atoms with Gasteiger partial charge in [-0.2, -0.15) is 4.31 Å². The number of hydrogen-bond donors (Lipinski definition) is 1. The number of aliphatic carboxylic acids is 1. The van der Waals surface area contributed by atoms with E-state index in [1.807, 2.05) is 0 Å². The summed E-state index contributed by atoms with van der Waals surface area (Å²) < 4.78 is 28.0. The third-order valence-electron chi connectivity index (χ3n) is 3.15. The number of rotatable bonds is 4. The summed E-state index contributed by atoms with van der Waals surface area (Å²) in [6, 6.07) is 1.59. The van der Waals surface area contributed by atoms with E-state index in [0.717, 1.165) is 3.79 Å². The first kappa shape index (κ1) is 17.4. The third kappa shape index (κ3) is 4.26. The highest BCUT2D eigenvalue weighted by Gasteiger charge is 2.30. The lowest BCUT2D eigenvalue weighted by molar-refractivity contribution is -0.138. The molecule has 0 bridgehead atoms. The quantitative estimate of drug-likeness (QED) is 0.742. The molecule has 0 atom stereocenters. The third-order valence-corrected chi connectivity index (χ3v) is 7.80. The molecule has 1 N–H and O–H groups in total. The predicted molar refractivity (Wildman–Crippen MR) is 87.2 cm³/mol. The number of sulfonamides is 1. The molecule has 0 unspecified atom stereocenters. The highest BCUT2D eigenvalue weighted by atomic mass is 79.9. The summed E-state index contributed by atoms with van der Waals surface area (Å²) in [4.78, 5) is 12.8. The van der Waals surface area contributed by atoms with Crippen molar-refractivity contribution in [2.24, 2.45) is 0 Å². The molecule has 21 heavy (non-hydrogen) atoms. The lowest BCUT2D eigenvalue weighted by Gasteiger charge is -2.20. The highest BCUT2D eigenvalue weighted by molar-refractivity contribution is 9.12. The summed E-state index contributed by atoms with van der Waals surface area (Å²) in [7, 11) is -3.55. The molecule has 1 fully saturated rings. The zero-order chi connectivity index (χ0) is 15.6. The van der Waals surface area contributed by atoms with E-state index in [1.165, 1.54) is 15.6 Å². The van der Waals surface area contributed by atoms with Crippen LogP contribution in [0, 0.1) is 0 Å². The van der Waals surface area contributed by atoms with E-state index in [2.05, 4.69) is 31.9 Å². The number of halogens is 2. The molecule has 0 saturated carbocycles. The molecule has 0 radical (unpaired) electrons. The fourth-order valence-corrected chi connectivity index (χ4v) is 7.41. The minimum absolute atomic E-state index is 0.0540. The number of carbonyl (C=O) groups is 1. The highest BCUT2D eigenvalue weighted by Crippen LogP contribution is 2.36. The van der Waals surface area contributed by atoms with E-state index in [0.29, 0.717) is 36.4 Å². The molecule has 1 aromatic rings. The largest absolute Gasteiger partial charge is 0.480 e. The van der Waals surface area contributed by atoms with E-state index in [9.17, 15) is 13.2 Å². The van der Waals surface area contributed by atoms with Crippen LogP contribution in [0.3, 0.4) is 0 Å². The van der Waals surface area contributed by atoms with Gasteiger partial charge in [0, 0.05) is 26.2 Å². The van der Waals surface area contributed by atoms with E-state index < -0.39 is 16.0 Å². The molecule has 1 aromatic heterocycles. The van der Waals surface area contributed by atoms with Crippen LogP contribution in [-0.4, -0.2) is 61.4 Å². The Morgan fingerprint density at radius 1 is 1.29 bits per heavy atom. The normalized spacial score (nSPS) is 18.6. The molecule has 1 aliphatic rings. The minimum Gasteiger partial charge on any atom is -0.480 e. The number of carboxylic acids is 1. The minimum atomic E-state index is -3.55. The molecule has 6 nitrogen and oxygen atoms in total. The molecule has 0 aromatic carbocycles. The number of nitrogens with zero attached hydrogens (tertiary/aromatic N) is 2. The Kier molecular flexibility index (Phi) is 5.83. The number of carboxylic acid groups (broad SMARTS) is 1. The summed E-state index contributed by atoms with van der Waals surface area (Å²) in [5.41, 5.74) is 0. The maximum Gasteiger partial charge on any atom is 0.317 e. The van der Waals surface area contributed by atoms with Gasteiger partial charge in [-0.25, -0.2) is 8.42 Å². The van der Waals surface area contributed by atoms with Crippen molar-refractivity contribution in [2.75, 3.05) is 32.7 Å². The van der Waals surface area contributed by atoms with Crippen LogP contribution in [0.15, 0.2) is 18.5 Å². The smallest absolute Gasteiger partial charge is 0.317 e. The van der Waals surface area contributed by atoms with Crippen LogP contribution in [0.4, 0.5) is 0 Å². The number of thiophene rings is 1. The average Bonchev–Trinajstić information content (AvgIpc) is 2.60. The van der Waals surface area contributed by atoms with Crippen molar-refractivity contribution >= 4 is 59.2 Å². The Bertz CT molecular complexity index is 632. The fraction of sp³-hybridized carbons (Fsp3) is 0.545. The van der Waals surface area contributed by atoms with Crippen molar-refractivity contribution < 1.29 is 18.3 Å². The first-order valence-corrected chi connectivity index (χ1v) is 10.0. The van der Waals surface area contributed by atoms with Crippen molar-refractivity contribution in [3.8, 4) is 0 Å². The summed E-state index contributed by atoms with van der Waals surface area (Å²) in [6.07, 6.45) is 0.620. The molecular formula is C11H14Br2N2O4S2. The van der Waals surface area contributed by atoms with Gasteiger partial charge in [0.15, 0.2) is 0 Å². The van der Waals surface area contributed by atoms with Crippen LogP contribution < -0.4 is 0 Å². The van der Waals surface area contributed by atoms with Crippen LogP contribution in [0.1, 0.15) is 6.42 Å². The molecule has 1 aliphatic heterocycles.